The van der Waals surface area contributed by atoms with Crippen molar-refractivity contribution >= 4 is 17.9 Å². The van der Waals surface area contributed by atoms with Crippen LogP contribution in [0.3, 0.4) is 0 Å². The summed E-state index contributed by atoms with van der Waals surface area (Å²) in [6.45, 7) is 8.66. The third kappa shape index (κ3) is 5.33. The van der Waals surface area contributed by atoms with E-state index in [0.29, 0.717) is 6.42 Å². The predicted molar refractivity (Wildman–Crippen MR) is 121 cm³/mol. The molecule has 2 N–H and O–H groups in total. The molecular formula is C26H33N3O2+2. The van der Waals surface area contributed by atoms with Crippen molar-refractivity contribution in [3.8, 4) is 11.8 Å². The molecule has 1 aliphatic carbocycles. The number of likely N-dealkylation sites (tertiary alicyclic amines) is 1. The first kappa shape index (κ1) is 21.5. The highest BCUT2D eigenvalue weighted by Crippen LogP contribution is 2.37. The average Bonchev–Trinajstić information content (AvgIpc) is 3.02. The molecule has 2 atom stereocenters. The highest BCUT2D eigenvalue weighted by molar-refractivity contribution is 6.05. The van der Waals surface area contributed by atoms with Crippen LogP contribution < -0.4 is 9.80 Å². The zero-order chi connectivity index (χ0) is 21.6. The van der Waals surface area contributed by atoms with Crippen LogP contribution in [-0.4, -0.2) is 62.5 Å². The zero-order valence-electron chi connectivity index (χ0n) is 18.4. The van der Waals surface area contributed by atoms with Gasteiger partial charge in [-0.25, -0.2) is 0 Å². The maximum atomic E-state index is 12.6. The minimum absolute atomic E-state index is 0.0233. The number of carbonyl (C=O) groups excluding carboxylic acids is 2. The Morgan fingerprint density at radius 1 is 1.00 bits per heavy atom. The molecule has 0 saturated carbocycles. The lowest BCUT2D eigenvalue weighted by molar-refractivity contribution is -1.01. The number of piperazine rings is 1. The maximum absolute atomic E-state index is 12.6. The largest absolute Gasteiger partial charge is 0.322 e. The van der Waals surface area contributed by atoms with Crippen molar-refractivity contribution in [2.45, 2.75) is 19.8 Å². The van der Waals surface area contributed by atoms with Crippen molar-refractivity contribution in [1.82, 2.24) is 4.90 Å². The summed E-state index contributed by atoms with van der Waals surface area (Å²) in [6, 6.07) is 10.4. The van der Waals surface area contributed by atoms with Crippen LogP contribution in [0.1, 0.15) is 25.3 Å². The summed E-state index contributed by atoms with van der Waals surface area (Å²) >= 11 is 0. The molecule has 0 aromatic heterocycles. The van der Waals surface area contributed by atoms with E-state index in [-0.39, 0.29) is 30.2 Å². The smallest absolute Gasteiger partial charge is 0.234 e. The molecule has 162 valence electrons. The lowest BCUT2D eigenvalue weighted by Gasteiger charge is -2.27. The Kier molecular flexibility index (Phi) is 7.01. The van der Waals surface area contributed by atoms with Gasteiger partial charge in [0.1, 0.15) is 32.7 Å². The number of nitrogens with zero attached hydrogens (tertiary/aromatic N) is 1. The fourth-order valence-electron chi connectivity index (χ4n) is 4.85. The van der Waals surface area contributed by atoms with E-state index in [1.54, 1.807) is 4.90 Å². The van der Waals surface area contributed by atoms with E-state index in [0.717, 1.165) is 45.7 Å². The van der Waals surface area contributed by atoms with Gasteiger partial charge >= 0.3 is 0 Å². The van der Waals surface area contributed by atoms with Gasteiger partial charge in [-0.1, -0.05) is 54.0 Å². The summed E-state index contributed by atoms with van der Waals surface area (Å²) < 4.78 is 0. The fraction of sp³-hybridized carbons (Fsp3) is 0.462. The van der Waals surface area contributed by atoms with Crippen molar-refractivity contribution in [2.24, 2.45) is 11.8 Å². The third-order valence-electron chi connectivity index (χ3n) is 6.80. The molecule has 3 aliphatic rings. The molecular weight excluding hydrogens is 386 g/mol. The van der Waals surface area contributed by atoms with Crippen LogP contribution in [0.5, 0.6) is 0 Å². The number of allylic oxidation sites excluding steroid dienone is 2. The van der Waals surface area contributed by atoms with E-state index in [4.69, 9.17) is 0 Å². The van der Waals surface area contributed by atoms with E-state index in [1.807, 2.05) is 13.0 Å². The van der Waals surface area contributed by atoms with Crippen LogP contribution >= 0.6 is 0 Å². The van der Waals surface area contributed by atoms with Crippen molar-refractivity contribution in [2.75, 3.05) is 45.8 Å². The summed E-state index contributed by atoms with van der Waals surface area (Å²) in [4.78, 5) is 29.7. The molecule has 0 radical (unpaired) electrons. The highest BCUT2D eigenvalue weighted by atomic mass is 16.2. The lowest BCUT2D eigenvalue weighted by Crippen LogP contribution is -3.28. The van der Waals surface area contributed by atoms with Gasteiger partial charge in [-0.15, -0.1) is 0 Å². The van der Waals surface area contributed by atoms with Gasteiger partial charge in [0.25, 0.3) is 0 Å². The minimum Gasteiger partial charge on any atom is -0.322 e. The van der Waals surface area contributed by atoms with Gasteiger partial charge in [-0.3, -0.25) is 14.5 Å². The average molecular weight is 420 g/mol. The second-order valence-corrected chi connectivity index (χ2v) is 9.01. The number of fused-ring (bicyclic) bond motifs is 1. The fourth-order valence-corrected chi connectivity index (χ4v) is 4.85. The number of hydrogen-bond acceptors (Lipinski definition) is 2. The van der Waals surface area contributed by atoms with Crippen LogP contribution in [0.4, 0.5) is 0 Å². The van der Waals surface area contributed by atoms with Crippen LogP contribution in [-0.2, 0) is 9.59 Å². The molecule has 5 nitrogen and oxygen atoms in total. The Morgan fingerprint density at radius 3 is 2.48 bits per heavy atom. The maximum Gasteiger partial charge on any atom is 0.234 e. The number of quaternary nitrogens is 2. The number of rotatable bonds is 5. The Morgan fingerprint density at radius 2 is 1.71 bits per heavy atom. The molecule has 31 heavy (non-hydrogen) atoms. The van der Waals surface area contributed by atoms with Crippen molar-refractivity contribution in [1.29, 1.82) is 0 Å². The predicted octanol–water partition coefficient (Wildman–Crippen LogP) is -0.172. The van der Waals surface area contributed by atoms with Crippen LogP contribution in [0.25, 0.3) is 6.08 Å². The number of benzene rings is 1. The van der Waals surface area contributed by atoms with E-state index >= 15 is 0 Å². The second kappa shape index (κ2) is 10.1. The first-order valence-corrected chi connectivity index (χ1v) is 11.5. The Bertz CT molecular complexity index is 917. The number of amides is 2. The number of imide groups is 1. The quantitative estimate of drug-likeness (QED) is 0.396. The molecule has 0 bridgehead atoms. The summed E-state index contributed by atoms with van der Waals surface area (Å²) in [6.07, 6.45) is 7.99. The first-order valence-electron chi connectivity index (χ1n) is 11.5. The highest BCUT2D eigenvalue weighted by Gasteiger charge is 2.47. The molecule has 2 amide bonds. The molecule has 2 aliphatic heterocycles. The van der Waals surface area contributed by atoms with Crippen LogP contribution in [0.15, 0.2) is 48.1 Å². The third-order valence-corrected chi connectivity index (χ3v) is 6.80. The van der Waals surface area contributed by atoms with Gasteiger partial charge in [0.15, 0.2) is 0 Å². The standard InChI is InChI=1S/C26H31N3O2/c1-21-11-12-23-24(20-21)26(31)29(25(23)30)15-6-5-13-27-16-18-28(19-17-27)14-7-10-22-8-3-2-4-9-22/h2-4,7-11,23-24H,12-20H2,1H3/p+2/b10-7+/t23-,24-/m1/s1. The molecule has 2 saturated heterocycles. The van der Waals surface area contributed by atoms with Crippen LogP contribution in [0, 0.1) is 23.7 Å². The molecule has 2 fully saturated rings. The van der Waals surface area contributed by atoms with Gasteiger partial charge in [-0.2, -0.15) is 0 Å². The van der Waals surface area contributed by atoms with Gasteiger partial charge in [-0.05, 0) is 37.3 Å². The monoisotopic (exact) mass is 419 g/mol. The van der Waals surface area contributed by atoms with Crippen molar-refractivity contribution in [3.63, 3.8) is 0 Å². The van der Waals surface area contributed by atoms with Gasteiger partial charge in [0.05, 0.1) is 24.9 Å². The van der Waals surface area contributed by atoms with Crippen molar-refractivity contribution < 1.29 is 19.4 Å². The summed E-state index contributed by atoms with van der Waals surface area (Å²) in [7, 11) is 0. The summed E-state index contributed by atoms with van der Waals surface area (Å²) in [5.41, 5.74) is 2.47. The van der Waals surface area contributed by atoms with Crippen LogP contribution in [0.2, 0.25) is 0 Å². The minimum atomic E-state index is -0.157. The molecule has 4 rings (SSSR count). The van der Waals surface area contributed by atoms with E-state index in [9.17, 15) is 9.59 Å². The molecule has 5 heteroatoms. The SMILES string of the molecule is CC1=CC[C@H]2C(=O)N(CC#CC[NH+]3CC[NH+](C/C=C/c4ccccc4)CC3)C(=O)[C@@H]2C1. The van der Waals surface area contributed by atoms with E-state index in [1.165, 1.54) is 20.9 Å². The van der Waals surface area contributed by atoms with Crippen molar-refractivity contribution in [3.05, 3.63) is 53.6 Å². The summed E-state index contributed by atoms with van der Waals surface area (Å²) in [5.74, 6) is 5.96. The second-order valence-electron chi connectivity index (χ2n) is 9.01. The van der Waals surface area contributed by atoms with E-state index < -0.39 is 0 Å². The molecule has 0 spiro atoms. The normalized spacial score (nSPS) is 28.3. The molecule has 0 unspecified atom stereocenters. The lowest BCUT2D eigenvalue weighted by atomic mass is 9.82. The van der Waals surface area contributed by atoms with E-state index in [2.05, 4.69) is 54.3 Å². The Labute approximate surface area is 185 Å². The molecule has 1 aromatic rings. The summed E-state index contributed by atoms with van der Waals surface area (Å²) in [5, 5.41) is 0. The number of nitrogens with one attached hydrogen (secondary N) is 2. The molecule has 2 heterocycles. The van der Waals surface area contributed by atoms with Gasteiger partial charge < -0.3 is 9.80 Å². The Balaban J connectivity index is 1.18. The Hall–Kier alpha value is -2.68. The number of carbonyl (C=O) groups is 2. The number of hydrogen-bond donors (Lipinski definition) is 2. The van der Waals surface area contributed by atoms with Gasteiger partial charge in [0.2, 0.25) is 11.8 Å². The topological polar surface area (TPSA) is 46.3 Å². The zero-order valence-corrected chi connectivity index (χ0v) is 18.4. The first-order chi connectivity index (χ1) is 15.1. The van der Waals surface area contributed by atoms with Gasteiger partial charge in [0, 0.05) is 0 Å². The molecule has 1 aromatic carbocycles.